The maximum absolute atomic E-state index is 13.1. The maximum Gasteiger partial charge on any atom is 0.268 e. The predicted molar refractivity (Wildman–Crippen MR) is 90.2 cm³/mol. The zero-order chi connectivity index (χ0) is 17.3. The molecule has 0 bridgehead atoms. The summed E-state index contributed by atoms with van der Waals surface area (Å²) in [6, 6.07) is 9.94. The van der Waals surface area contributed by atoms with Gasteiger partial charge in [-0.1, -0.05) is 12.1 Å². The standard InChI is InChI=1S/C18H9N3O4/c22-15-11-9-5-1-3-7-20(9)17(24)12-10-6-2-4-8-21(10)18(25)14(13(11)12)16(23)19-15/h1-8H,(H,19,22,23). The lowest BCUT2D eigenvalue weighted by molar-refractivity contribution is 0.0845. The number of pyridine rings is 4. The molecule has 7 heteroatoms. The highest BCUT2D eigenvalue weighted by atomic mass is 16.2. The summed E-state index contributed by atoms with van der Waals surface area (Å²) in [7, 11) is 0. The molecular weight excluding hydrogens is 322 g/mol. The lowest BCUT2D eigenvalue weighted by atomic mass is 9.95. The van der Waals surface area contributed by atoms with E-state index in [-0.39, 0.29) is 27.5 Å². The Hall–Kier alpha value is -3.74. The molecule has 1 N–H and O–H groups in total. The summed E-state index contributed by atoms with van der Waals surface area (Å²) in [5.41, 5.74) is -0.259. The number of nitrogens with one attached hydrogen (secondary N) is 1. The van der Waals surface area contributed by atoms with Gasteiger partial charge in [0.2, 0.25) is 0 Å². The fraction of sp³-hybridized carbons (Fsp3) is 0. The van der Waals surface area contributed by atoms with Crippen LogP contribution >= 0.6 is 0 Å². The smallest absolute Gasteiger partial charge is 0.268 e. The van der Waals surface area contributed by atoms with E-state index >= 15 is 0 Å². The predicted octanol–water partition coefficient (Wildman–Crippen LogP) is 0.949. The van der Waals surface area contributed by atoms with Crippen LogP contribution in [-0.2, 0) is 0 Å². The Kier molecular flexibility index (Phi) is 2.42. The fourth-order valence-electron chi connectivity index (χ4n) is 3.51. The van der Waals surface area contributed by atoms with Gasteiger partial charge in [-0.15, -0.1) is 0 Å². The Morgan fingerprint density at radius 3 is 1.96 bits per heavy atom. The van der Waals surface area contributed by atoms with Gasteiger partial charge in [-0.25, -0.2) is 0 Å². The van der Waals surface area contributed by atoms with Gasteiger partial charge in [0.1, 0.15) is 5.56 Å². The second-order valence-corrected chi connectivity index (χ2v) is 5.81. The zero-order valence-electron chi connectivity index (χ0n) is 12.6. The zero-order valence-corrected chi connectivity index (χ0v) is 12.6. The molecule has 0 atom stereocenters. The molecule has 0 saturated carbocycles. The molecule has 25 heavy (non-hydrogen) atoms. The Balaban J connectivity index is 2.30. The molecule has 0 fully saturated rings. The van der Waals surface area contributed by atoms with Crippen molar-refractivity contribution in [2.24, 2.45) is 0 Å². The molecule has 0 aliphatic carbocycles. The lowest BCUT2D eigenvalue weighted by Crippen LogP contribution is -2.41. The third-order valence-corrected chi connectivity index (χ3v) is 4.53. The summed E-state index contributed by atoms with van der Waals surface area (Å²) < 4.78 is 2.61. The van der Waals surface area contributed by atoms with Crippen molar-refractivity contribution in [3.05, 3.63) is 80.6 Å². The van der Waals surface area contributed by atoms with Crippen LogP contribution in [0.4, 0.5) is 0 Å². The minimum atomic E-state index is -0.787. The molecule has 7 nitrogen and oxygen atoms in total. The van der Waals surface area contributed by atoms with Crippen molar-refractivity contribution < 1.29 is 9.59 Å². The number of hydrogen-bond acceptors (Lipinski definition) is 4. The van der Waals surface area contributed by atoms with Crippen molar-refractivity contribution in [2.45, 2.75) is 0 Å². The molecule has 5 heterocycles. The van der Waals surface area contributed by atoms with Crippen LogP contribution < -0.4 is 16.4 Å². The van der Waals surface area contributed by atoms with Crippen molar-refractivity contribution in [3.8, 4) is 0 Å². The van der Waals surface area contributed by atoms with Gasteiger partial charge in [-0.2, -0.15) is 0 Å². The van der Waals surface area contributed by atoms with Crippen molar-refractivity contribution in [1.82, 2.24) is 14.1 Å². The Labute approximate surface area is 138 Å². The molecule has 4 aromatic rings. The van der Waals surface area contributed by atoms with Crippen LogP contribution in [-0.4, -0.2) is 20.6 Å². The van der Waals surface area contributed by atoms with E-state index in [2.05, 4.69) is 5.32 Å². The molecule has 0 spiro atoms. The van der Waals surface area contributed by atoms with Gasteiger partial charge >= 0.3 is 0 Å². The van der Waals surface area contributed by atoms with E-state index in [1.807, 2.05) is 0 Å². The van der Waals surface area contributed by atoms with Crippen molar-refractivity contribution in [3.63, 3.8) is 0 Å². The highest BCUT2D eigenvalue weighted by Crippen LogP contribution is 2.28. The van der Waals surface area contributed by atoms with Crippen LogP contribution in [0.1, 0.15) is 20.7 Å². The van der Waals surface area contributed by atoms with Crippen LogP contribution in [0, 0.1) is 0 Å². The molecule has 1 aliphatic rings. The molecular formula is C18H9N3O4. The number of rotatable bonds is 0. The third kappa shape index (κ3) is 1.54. The first-order valence-corrected chi connectivity index (χ1v) is 7.55. The van der Waals surface area contributed by atoms with Gasteiger partial charge in [0.25, 0.3) is 22.9 Å². The fourth-order valence-corrected chi connectivity index (χ4v) is 3.51. The number of amides is 2. The Bertz CT molecular complexity index is 1400. The molecule has 1 aliphatic heterocycles. The largest absolute Gasteiger partial charge is 0.288 e. The van der Waals surface area contributed by atoms with Gasteiger partial charge in [0, 0.05) is 17.8 Å². The number of nitrogens with zero attached hydrogens (tertiary/aromatic N) is 2. The Morgan fingerprint density at radius 2 is 1.24 bits per heavy atom. The van der Waals surface area contributed by atoms with Gasteiger partial charge in [0.05, 0.1) is 22.0 Å². The monoisotopic (exact) mass is 331 g/mol. The first kappa shape index (κ1) is 13.7. The van der Waals surface area contributed by atoms with E-state index in [4.69, 9.17) is 0 Å². The summed E-state index contributed by atoms with van der Waals surface area (Å²) in [6.07, 6.45) is 3.05. The molecule has 0 saturated heterocycles. The molecule has 120 valence electrons. The number of carbonyl (C=O) groups is 2. The van der Waals surface area contributed by atoms with Crippen molar-refractivity contribution >= 4 is 33.6 Å². The van der Waals surface area contributed by atoms with E-state index in [1.165, 1.54) is 15.0 Å². The van der Waals surface area contributed by atoms with Crippen LogP contribution in [0.25, 0.3) is 21.8 Å². The van der Waals surface area contributed by atoms with Gasteiger partial charge in [-0.3, -0.25) is 33.3 Å². The summed E-state index contributed by atoms with van der Waals surface area (Å²) >= 11 is 0. The van der Waals surface area contributed by atoms with E-state index in [1.54, 1.807) is 42.6 Å². The quantitative estimate of drug-likeness (QED) is 0.295. The van der Waals surface area contributed by atoms with E-state index < -0.39 is 17.4 Å². The SMILES string of the molecule is O=C1NC(=O)c2c3c1c(=O)n1ccccc1c3c(=O)n1ccccc21. The van der Waals surface area contributed by atoms with Gasteiger partial charge in [-0.05, 0) is 24.3 Å². The first-order chi connectivity index (χ1) is 12.1. The lowest BCUT2D eigenvalue weighted by Gasteiger charge is -2.19. The van der Waals surface area contributed by atoms with Crippen LogP contribution in [0.3, 0.4) is 0 Å². The topological polar surface area (TPSA) is 89.1 Å². The van der Waals surface area contributed by atoms with Crippen LogP contribution in [0.15, 0.2) is 58.4 Å². The summed E-state index contributed by atoms with van der Waals surface area (Å²) in [5, 5.41) is 2.51. The van der Waals surface area contributed by atoms with E-state index in [0.717, 1.165) is 0 Å². The minimum absolute atomic E-state index is 0.126. The number of carbonyl (C=O) groups excluding carboxylic acids is 2. The van der Waals surface area contributed by atoms with E-state index in [9.17, 15) is 19.2 Å². The normalized spacial score (nSPS) is 13.6. The van der Waals surface area contributed by atoms with Gasteiger partial charge in [0.15, 0.2) is 0 Å². The number of hydrogen-bond donors (Lipinski definition) is 1. The molecule has 5 rings (SSSR count). The van der Waals surface area contributed by atoms with E-state index in [0.29, 0.717) is 11.0 Å². The highest BCUT2D eigenvalue weighted by molar-refractivity contribution is 6.29. The number of fused-ring (bicyclic) bond motifs is 4. The minimum Gasteiger partial charge on any atom is -0.288 e. The van der Waals surface area contributed by atoms with Gasteiger partial charge < -0.3 is 0 Å². The first-order valence-electron chi connectivity index (χ1n) is 7.55. The average molecular weight is 331 g/mol. The summed E-state index contributed by atoms with van der Waals surface area (Å²) in [4.78, 5) is 50.7. The van der Waals surface area contributed by atoms with Crippen molar-refractivity contribution in [1.29, 1.82) is 0 Å². The second-order valence-electron chi connectivity index (χ2n) is 5.81. The molecule has 0 unspecified atom stereocenters. The molecule has 0 aromatic carbocycles. The molecule has 0 radical (unpaired) electrons. The summed E-state index contributed by atoms with van der Waals surface area (Å²) in [5.74, 6) is -1.41. The second kappa shape index (κ2) is 4.41. The highest BCUT2D eigenvalue weighted by Gasteiger charge is 2.32. The number of imide groups is 1. The average Bonchev–Trinajstić information content (AvgIpc) is 2.61. The Morgan fingerprint density at radius 1 is 0.640 bits per heavy atom. The maximum atomic E-state index is 13.1. The van der Waals surface area contributed by atoms with Crippen LogP contribution in [0.5, 0.6) is 0 Å². The molecule has 4 aromatic heterocycles. The van der Waals surface area contributed by atoms with Crippen LogP contribution in [0.2, 0.25) is 0 Å². The van der Waals surface area contributed by atoms with Crippen molar-refractivity contribution in [2.75, 3.05) is 0 Å². The molecule has 2 amide bonds. The third-order valence-electron chi connectivity index (χ3n) is 4.53. The number of aromatic nitrogens is 2. The summed E-state index contributed by atoms with van der Waals surface area (Å²) in [6.45, 7) is 0.